The second-order valence-corrected chi connectivity index (χ2v) is 3.31. The van der Waals surface area contributed by atoms with Crippen molar-refractivity contribution in [3.05, 3.63) is 35.9 Å². The number of rotatable bonds is 3. The highest BCUT2D eigenvalue weighted by Gasteiger charge is 2.52. The average Bonchev–Trinajstić information content (AvgIpc) is 2.18. The first kappa shape index (κ1) is 12.0. The number of aliphatic hydroxyl groups excluding tert-OH is 1. The van der Waals surface area contributed by atoms with Gasteiger partial charge < -0.3 is 10.8 Å². The van der Waals surface area contributed by atoms with Crippen molar-refractivity contribution in [3.63, 3.8) is 0 Å². The molecular formula is C10H12F3NO. The van der Waals surface area contributed by atoms with E-state index in [1.165, 1.54) is 24.3 Å². The average molecular weight is 219 g/mol. The van der Waals surface area contributed by atoms with E-state index in [0.29, 0.717) is 0 Å². The Kier molecular flexibility index (Phi) is 3.36. The van der Waals surface area contributed by atoms with Crippen molar-refractivity contribution >= 4 is 0 Å². The van der Waals surface area contributed by atoms with E-state index in [1.54, 1.807) is 6.07 Å². The molecule has 0 spiro atoms. The van der Waals surface area contributed by atoms with Crippen molar-refractivity contribution in [1.82, 2.24) is 0 Å². The number of nitrogens with two attached hydrogens (primary N) is 1. The van der Waals surface area contributed by atoms with Gasteiger partial charge in [0.25, 0.3) is 0 Å². The topological polar surface area (TPSA) is 46.2 Å². The van der Waals surface area contributed by atoms with Gasteiger partial charge in [0.1, 0.15) is 5.54 Å². The molecule has 0 aromatic heterocycles. The molecule has 0 fully saturated rings. The summed E-state index contributed by atoms with van der Waals surface area (Å²) in [5, 5.41) is 8.65. The van der Waals surface area contributed by atoms with Gasteiger partial charge in [-0.3, -0.25) is 0 Å². The number of aliphatic hydroxyl groups is 1. The van der Waals surface area contributed by atoms with Gasteiger partial charge >= 0.3 is 6.18 Å². The molecule has 0 aliphatic rings. The predicted molar refractivity (Wildman–Crippen MR) is 50.1 cm³/mol. The largest absolute Gasteiger partial charge is 0.410 e. The van der Waals surface area contributed by atoms with Gasteiger partial charge in [0.05, 0.1) is 0 Å². The van der Waals surface area contributed by atoms with Crippen molar-refractivity contribution in [2.75, 3.05) is 6.61 Å². The maximum Gasteiger partial charge on any atom is 0.410 e. The Morgan fingerprint density at radius 2 is 1.67 bits per heavy atom. The molecule has 0 amide bonds. The second kappa shape index (κ2) is 4.20. The summed E-state index contributed by atoms with van der Waals surface area (Å²) in [6, 6.07) is 7.20. The summed E-state index contributed by atoms with van der Waals surface area (Å²) in [7, 11) is 0. The molecule has 15 heavy (non-hydrogen) atoms. The summed E-state index contributed by atoms with van der Waals surface area (Å²) in [4.78, 5) is 0. The maximum absolute atomic E-state index is 12.7. The summed E-state index contributed by atoms with van der Waals surface area (Å²) >= 11 is 0. The third-order valence-corrected chi connectivity index (χ3v) is 2.30. The quantitative estimate of drug-likeness (QED) is 0.814. The molecule has 1 aromatic rings. The van der Waals surface area contributed by atoms with E-state index in [9.17, 15) is 13.2 Å². The minimum absolute atomic E-state index is 0.0356. The van der Waals surface area contributed by atoms with Crippen LogP contribution in [0.2, 0.25) is 0 Å². The molecule has 0 saturated heterocycles. The Bertz CT molecular complexity index is 312. The summed E-state index contributed by atoms with van der Waals surface area (Å²) in [6.07, 6.45) is -5.11. The molecule has 0 bridgehead atoms. The normalized spacial score (nSPS) is 16.1. The number of alkyl halides is 3. The van der Waals surface area contributed by atoms with Crippen molar-refractivity contribution < 1.29 is 18.3 Å². The van der Waals surface area contributed by atoms with Crippen molar-refractivity contribution in [2.24, 2.45) is 5.73 Å². The van der Waals surface area contributed by atoms with E-state index in [0.717, 1.165) is 0 Å². The van der Waals surface area contributed by atoms with Gasteiger partial charge in [-0.2, -0.15) is 13.2 Å². The molecule has 0 aliphatic carbocycles. The van der Waals surface area contributed by atoms with Crippen LogP contribution in [0.15, 0.2) is 30.3 Å². The van der Waals surface area contributed by atoms with Gasteiger partial charge in [-0.05, 0) is 5.56 Å². The molecule has 84 valence electrons. The molecule has 0 heterocycles. The zero-order valence-electron chi connectivity index (χ0n) is 7.96. The van der Waals surface area contributed by atoms with Crippen molar-refractivity contribution in [2.45, 2.75) is 18.1 Å². The van der Waals surface area contributed by atoms with E-state index in [4.69, 9.17) is 10.8 Å². The molecule has 1 atom stereocenters. The minimum atomic E-state index is -4.57. The molecule has 1 rings (SSSR count). The van der Waals surface area contributed by atoms with Crippen LogP contribution in [0.5, 0.6) is 0 Å². The van der Waals surface area contributed by atoms with E-state index < -0.39 is 24.7 Å². The lowest BCUT2D eigenvalue weighted by molar-refractivity contribution is -0.193. The first-order valence-corrected chi connectivity index (χ1v) is 4.44. The van der Waals surface area contributed by atoms with Crippen LogP contribution in [-0.4, -0.2) is 17.9 Å². The van der Waals surface area contributed by atoms with E-state index >= 15 is 0 Å². The fourth-order valence-corrected chi connectivity index (χ4v) is 1.36. The van der Waals surface area contributed by atoms with Gasteiger partial charge in [0.15, 0.2) is 0 Å². The molecule has 0 radical (unpaired) electrons. The summed E-state index contributed by atoms with van der Waals surface area (Å²) < 4.78 is 38.2. The first-order valence-electron chi connectivity index (χ1n) is 4.44. The number of hydrogen-bond acceptors (Lipinski definition) is 2. The molecule has 0 saturated carbocycles. The van der Waals surface area contributed by atoms with Crippen LogP contribution in [-0.2, 0) is 5.54 Å². The van der Waals surface area contributed by atoms with Crippen LogP contribution >= 0.6 is 0 Å². The van der Waals surface area contributed by atoms with Crippen LogP contribution in [0.1, 0.15) is 12.0 Å². The van der Waals surface area contributed by atoms with Crippen molar-refractivity contribution in [3.8, 4) is 0 Å². The summed E-state index contributed by atoms with van der Waals surface area (Å²) in [6.45, 7) is -0.606. The van der Waals surface area contributed by atoms with Gasteiger partial charge in [-0.15, -0.1) is 0 Å². The van der Waals surface area contributed by atoms with Gasteiger partial charge in [-0.25, -0.2) is 0 Å². The van der Waals surface area contributed by atoms with Crippen LogP contribution < -0.4 is 5.73 Å². The Balaban J connectivity index is 3.13. The van der Waals surface area contributed by atoms with Gasteiger partial charge in [0.2, 0.25) is 0 Å². The first-order chi connectivity index (χ1) is 6.92. The van der Waals surface area contributed by atoms with Gasteiger partial charge in [0, 0.05) is 13.0 Å². The van der Waals surface area contributed by atoms with Gasteiger partial charge in [-0.1, -0.05) is 30.3 Å². The Labute approximate surface area is 85.5 Å². The molecule has 2 nitrogen and oxygen atoms in total. The molecule has 0 aliphatic heterocycles. The Morgan fingerprint density at radius 3 is 2.07 bits per heavy atom. The maximum atomic E-state index is 12.7. The standard InChI is InChI=1S/C10H12F3NO/c11-10(12,13)9(14,6-7-15)8-4-2-1-3-5-8/h1-5,15H,6-7,14H2. The zero-order chi connectivity index (χ0) is 11.5. The van der Waals surface area contributed by atoms with E-state index in [-0.39, 0.29) is 5.56 Å². The van der Waals surface area contributed by atoms with Crippen LogP contribution in [0.3, 0.4) is 0 Å². The lowest BCUT2D eigenvalue weighted by Crippen LogP contribution is -2.51. The fraction of sp³-hybridized carbons (Fsp3) is 0.400. The third-order valence-electron chi connectivity index (χ3n) is 2.30. The molecule has 1 unspecified atom stereocenters. The number of hydrogen-bond donors (Lipinski definition) is 2. The highest BCUT2D eigenvalue weighted by Crippen LogP contribution is 2.38. The third kappa shape index (κ3) is 2.30. The fourth-order valence-electron chi connectivity index (χ4n) is 1.36. The predicted octanol–water partition coefficient (Wildman–Crippen LogP) is 1.79. The Morgan fingerprint density at radius 1 is 1.13 bits per heavy atom. The lowest BCUT2D eigenvalue weighted by atomic mass is 9.87. The monoisotopic (exact) mass is 219 g/mol. The van der Waals surface area contributed by atoms with E-state index in [1.807, 2.05) is 0 Å². The molecule has 3 N–H and O–H groups in total. The summed E-state index contributed by atoms with van der Waals surface area (Å²) in [5.74, 6) is 0. The zero-order valence-corrected chi connectivity index (χ0v) is 7.96. The number of halogens is 3. The highest BCUT2D eigenvalue weighted by molar-refractivity contribution is 5.25. The highest BCUT2D eigenvalue weighted by atomic mass is 19.4. The SMILES string of the molecule is NC(CCO)(c1ccccc1)C(F)(F)F. The Hall–Kier alpha value is -1.07. The van der Waals surface area contributed by atoms with Crippen molar-refractivity contribution in [1.29, 1.82) is 0 Å². The molecule has 1 aromatic carbocycles. The van der Waals surface area contributed by atoms with Crippen LogP contribution in [0.25, 0.3) is 0 Å². The summed E-state index contributed by atoms with van der Waals surface area (Å²) in [5.41, 5.74) is 2.82. The van der Waals surface area contributed by atoms with E-state index in [2.05, 4.69) is 0 Å². The molecular weight excluding hydrogens is 207 g/mol. The second-order valence-electron chi connectivity index (χ2n) is 3.31. The lowest BCUT2D eigenvalue weighted by Gasteiger charge is -2.31. The minimum Gasteiger partial charge on any atom is -0.396 e. The number of benzene rings is 1. The molecule has 5 heteroatoms. The van der Waals surface area contributed by atoms with Crippen LogP contribution in [0.4, 0.5) is 13.2 Å². The van der Waals surface area contributed by atoms with Crippen LogP contribution in [0, 0.1) is 0 Å². The smallest absolute Gasteiger partial charge is 0.396 e.